The fourth-order valence-corrected chi connectivity index (χ4v) is 1.30. The monoisotopic (exact) mass is 212 g/mol. The summed E-state index contributed by atoms with van der Waals surface area (Å²) in [5.41, 5.74) is 0. The summed E-state index contributed by atoms with van der Waals surface area (Å²) in [5.74, 6) is 0.186. The number of nitrogens with zero attached hydrogens (tertiary/aromatic N) is 1. The number of carbonyl (C=O) groups excluding carboxylic acids is 2. The summed E-state index contributed by atoms with van der Waals surface area (Å²) >= 11 is 0. The first-order chi connectivity index (χ1) is 7.06. The zero-order chi connectivity index (χ0) is 11.4. The van der Waals surface area contributed by atoms with Crippen molar-refractivity contribution >= 4 is 11.8 Å². The highest BCUT2D eigenvalue weighted by atomic mass is 16.2. The van der Waals surface area contributed by atoms with Gasteiger partial charge < -0.3 is 10.2 Å². The fourth-order valence-electron chi connectivity index (χ4n) is 1.30. The molecule has 1 rings (SSSR count). The highest BCUT2D eigenvalue weighted by Crippen LogP contribution is 2.28. The molecule has 1 aliphatic carbocycles. The minimum atomic E-state index is -0.0154. The maximum Gasteiger partial charge on any atom is 0.241 e. The Bertz CT molecular complexity index is 249. The van der Waals surface area contributed by atoms with E-state index in [1.54, 1.807) is 11.9 Å². The van der Waals surface area contributed by atoms with Crippen LogP contribution in [0.5, 0.6) is 0 Å². The van der Waals surface area contributed by atoms with Crippen LogP contribution in [-0.2, 0) is 9.59 Å². The topological polar surface area (TPSA) is 49.4 Å². The van der Waals surface area contributed by atoms with Crippen molar-refractivity contribution in [1.82, 2.24) is 10.2 Å². The standard InChI is InChI=1S/C11H20N2O2/c1-4-8(2)13(3)10(14)7-12-11(15)9-5-6-9/h8-9H,4-7H2,1-3H3,(H,12,15). The van der Waals surface area contributed by atoms with Gasteiger partial charge in [-0.15, -0.1) is 0 Å². The molecule has 1 saturated carbocycles. The number of carbonyl (C=O) groups is 2. The molecule has 0 bridgehead atoms. The Morgan fingerprint density at radius 2 is 2.07 bits per heavy atom. The van der Waals surface area contributed by atoms with Gasteiger partial charge in [0.15, 0.2) is 0 Å². The van der Waals surface area contributed by atoms with Gasteiger partial charge in [-0.05, 0) is 26.2 Å². The van der Waals surface area contributed by atoms with Crippen LogP contribution >= 0.6 is 0 Å². The first kappa shape index (κ1) is 12.0. The Hall–Kier alpha value is -1.06. The van der Waals surface area contributed by atoms with Gasteiger partial charge in [0.2, 0.25) is 11.8 Å². The van der Waals surface area contributed by atoms with Crippen LogP contribution in [-0.4, -0.2) is 36.3 Å². The van der Waals surface area contributed by atoms with Crippen LogP contribution in [0.4, 0.5) is 0 Å². The van der Waals surface area contributed by atoms with Crippen molar-refractivity contribution in [3.05, 3.63) is 0 Å². The van der Waals surface area contributed by atoms with Crippen LogP contribution in [0.3, 0.4) is 0 Å². The molecule has 1 aliphatic rings. The molecule has 1 fully saturated rings. The van der Waals surface area contributed by atoms with E-state index in [4.69, 9.17) is 0 Å². The number of hydrogen-bond donors (Lipinski definition) is 1. The van der Waals surface area contributed by atoms with E-state index in [9.17, 15) is 9.59 Å². The van der Waals surface area contributed by atoms with Crippen molar-refractivity contribution < 1.29 is 9.59 Å². The fraction of sp³-hybridized carbons (Fsp3) is 0.818. The molecule has 1 N–H and O–H groups in total. The Balaban J connectivity index is 2.25. The lowest BCUT2D eigenvalue weighted by Crippen LogP contribution is -2.42. The van der Waals surface area contributed by atoms with Crippen LogP contribution < -0.4 is 5.32 Å². The van der Waals surface area contributed by atoms with Crippen LogP contribution in [0.15, 0.2) is 0 Å². The van der Waals surface area contributed by atoms with Crippen molar-refractivity contribution in [2.24, 2.45) is 5.92 Å². The number of likely N-dealkylation sites (N-methyl/N-ethyl adjacent to an activating group) is 1. The SMILES string of the molecule is CCC(C)N(C)C(=O)CNC(=O)C1CC1. The summed E-state index contributed by atoms with van der Waals surface area (Å²) in [7, 11) is 1.78. The largest absolute Gasteiger partial charge is 0.347 e. The van der Waals surface area contributed by atoms with E-state index < -0.39 is 0 Å². The predicted molar refractivity (Wildman–Crippen MR) is 58.3 cm³/mol. The highest BCUT2D eigenvalue weighted by molar-refractivity contribution is 5.86. The minimum absolute atomic E-state index is 0.0154. The third kappa shape index (κ3) is 3.53. The van der Waals surface area contributed by atoms with Crippen molar-refractivity contribution in [1.29, 1.82) is 0 Å². The Morgan fingerprint density at radius 3 is 2.53 bits per heavy atom. The van der Waals surface area contributed by atoms with Gasteiger partial charge in [-0.2, -0.15) is 0 Å². The van der Waals surface area contributed by atoms with Crippen molar-refractivity contribution in [3.8, 4) is 0 Å². The third-order valence-electron chi connectivity index (χ3n) is 3.01. The van der Waals surface area contributed by atoms with E-state index in [1.165, 1.54) is 0 Å². The van der Waals surface area contributed by atoms with Crippen molar-refractivity contribution in [2.45, 2.75) is 39.2 Å². The summed E-state index contributed by atoms with van der Waals surface area (Å²) in [6.07, 6.45) is 2.88. The summed E-state index contributed by atoms with van der Waals surface area (Å²) in [6, 6.07) is 0.232. The van der Waals surface area contributed by atoms with Gasteiger partial charge in [0.25, 0.3) is 0 Å². The second-order valence-electron chi connectivity index (χ2n) is 4.25. The average Bonchev–Trinajstić information content (AvgIpc) is 3.06. The lowest BCUT2D eigenvalue weighted by molar-refractivity contribution is -0.133. The molecule has 0 aromatic heterocycles. The number of amides is 2. The summed E-state index contributed by atoms with van der Waals surface area (Å²) in [5, 5.41) is 2.67. The van der Waals surface area contributed by atoms with Crippen LogP contribution in [0.1, 0.15) is 33.1 Å². The minimum Gasteiger partial charge on any atom is -0.347 e. The lowest BCUT2D eigenvalue weighted by Gasteiger charge is -2.23. The lowest BCUT2D eigenvalue weighted by atomic mass is 10.2. The molecule has 15 heavy (non-hydrogen) atoms. The molecule has 0 radical (unpaired) electrons. The zero-order valence-corrected chi connectivity index (χ0v) is 9.75. The molecule has 4 nitrogen and oxygen atoms in total. The van der Waals surface area contributed by atoms with Gasteiger partial charge in [-0.25, -0.2) is 0 Å². The molecule has 0 spiro atoms. The number of rotatable bonds is 5. The van der Waals surface area contributed by atoms with Crippen molar-refractivity contribution in [2.75, 3.05) is 13.6 Å². The zero-order valence-electron chi connectivity index (χ0n) is 9.75. The van der Waals surface area contributed by atoms with Crippen LogP contribution in [0.2, 0.25) is 0 Å². The highest BCUT2D eigenvalue weighted by Gasteiger charge is 2.29. The van der Waals surface area contributed by atoms with E-state index in [2.05, 4.69) is 5.32 Å². The van der Waals surface area contributed by atoms with E-state index in [-0.39, 0.29) is 30.3 Å². The predicted octanol–water partition coefficient (Wildman–Crippen LogP) is 0.769. The smallest absolute Gasteiger partial charge is 0.241 e. The first-order valence-corrected chi connectivity index (χ1v) is 5.59. The average molecular weight is 212 g/mol. The van der Waals surface area contributed by atoms with Crippen LogP contribution in [0.25, 0.3) is 0 Å². The Labute approximate surface area is 91.0 Å². The molecule has 0 saturated heterocycles. The van der Waals surface area contributed by atoms with Gasteiger partial charge in [0.1, 0.15) is 0 Å². The van der Waals surface area contributed by atoms with E-state index in [1.807, 2.05) is 13.8 Å². The normalized spacial score (nSPS) is 17.0. The quantitative estimate of drug-likeness (QED) is 0.731. The molecule has 86 valence electrons. The molecule has 4 heteroatoms. The Kier molecular flexibility index (Phi) is 4.12. The molecule has 1 atom stereocenters. The maximum atomic E-state index is 11.6. The van der Waals surface area contributed by atoms with Gasteiger partial charge in [-0.3, -0.25) is 9.59 Å². The molecular weight excluding hydrogens is 192 g/mol. The van der Waals surface area contributed by atoms with Gasteiger partial charge in [-0.1, -0.05) is 6.92 Å². The summed E-state index contributed by atoms with van der Waals surface area (Å²) in [4.78, 5) is 24.6. The molecule has 0 aromatic carbocycles. The molecule has 2 amide bonds. The second-order valence-corrected chi connectivity index (χ2v) is 4.25. The van der Waals surface area contributed by atoms with Crippen molar-refractivity contribution in [3.63, 3.8) is 0 Å². The molecular formula is C11H20N2O2. The third-order valence-corrected chi connectivity index (χ3v) is 3.01. The van der Waals surface area contributed by atoms with E-state index in [0.29, 0.717) is 0 Å². The number of hydrogen-bond acceptors (Lipinski definition) is 2. The Morgan fingerprint density at radius 1 is 1.47 bits per heavy atom. The summed E-state index contributed by atoms with van der Waals surface area (Å²) < 4.78 is 0. The molecule has 1 unspecified atom stereocenters. The van der Waals surface area contributed by atoms with Gasteiger partial charge >= 0.3 is 0 Å². The van der Waals surface area contributed by atoms with Gasteiger partial charge in [0.05, 0.1) is 6.54 Å². The molecule has 0 aromatic rings. The van der Waals surface area contributed by atoms with E-state index >= 15 is 0 Å². The van der Waals surface area contributed by atoms with E-state index in [0.717, 1.165) is 19.3 Å². The second kappa shape index (κ2) is 5.14. The van der Waals surface area contributed by atoms with Gasteiger partial charge in [0, 0.05) is 19.0 Å². The van der Waals surface area contributed by atoms with Crippen LogP contribution in [0, 0.1) is 5.92 Å². The summed E-state index contributed by atoms with van der Waals surface area (Å²) in [6.45, 7) is 4.17. The number of nitrogens with one attached hydrogen (secondary N) is 1. The molecule has 0 heterocycles. The first-order valence-electron chi connectivity index (χ1n) is 5.59. The molecule has 0 aliphatic heterocycles. The maximum absolute atomic E-state index is 11.6.